The highest BCUT2D eigenvalue weighted by molar-refractivity contribution is 9.10. The highest BCUT2D eigenvalue weighted by Gasteiger charge is 2.13. The molecule has 0 aliphatic carbocycles. The minimum Gasteiger partial charge on any atom is -0.380 e. The summed E-state index contributed by atoms with van der Waals surface area (Å²) >= 11 is 3.31. The van der Waals surface area contributed by atoms with E-state index in [4.69, 9.17) is 4.74 Å². The van der Waals surface area contributed by atoms with Crippen LogP contribution in [0, 0.1) is 0 Å². The Morgan fingerprint density at radius 1 is 1.57 bits per heavy atom. The van der Waals surface area contributed by atoms with E-state index in [2.05, 4.69) is 38.2 Å². The molecule has 0 aromatic carbocycles. The minimum absolute atomic E-state index is 0.167. The summed E-state index contributed by atoms with van der Waals surface area (Å²) in [7, 11) is 0. The van der Waals surface area contributed by atoms with Gasteiger partial charge < -0.3 is 15.4 Å². The zero-order chi connectivity index (χ0) is 15.1. The van der Waals surface area contributed by atoms with Gasteiger partial charge in [-0.25, -0.2) is 4.68 Å². The molecule has 0 spiro atoms. The fourth-order valence-corrected chi connectivity index (χ4v) is 2.66. The van der Waals surface area contributed by atoms with Crippen LogP contribution in [0.25, 0.3) is 0 Å². The minimum atomic E-state index is -0.167. The van der Waals surface area contributed by atoms with Crippen LogP contribution in [0.4, 0.5) is 5.69 Å². The molecular formula is C14H21BrN4O2. The van der Waals surface area contributed by atoms with Crippen LogP contribution in [0.2, 0.25) is 0 Å². The molecule has 2 rings (SSSR count). The van der Waals surface area contributed by atoms with Crippen LogP contribution in [-0.4, -0.2) is 42.1 Å². The Hall–Kier alpha value is -1.18. The molecule has 2 N–H and O–H groups in total. The first-order valence-electron chi connectivity index (χ1n) is 7.15. The lowest BCUT2D eigenvalue weighted by molar-refractivity contribution is 0.0394. The molecule has 21 heavy (non-hydrogen) atoms. The Bertz CT molecular complexity index is 526. The van der Waals surface area contributed by atoms with Gasteiger partial charge in [0.05, 0.1) is 31.1 Å². The second kappa shape index (κ2) is 8.31. The summed E-state index contributed by atoms with van der Waals surface area (Å²) in [6.45, 7) is 7.31. The first-order valence-corrected chi connectivity index (χ1v) is 7.94. The summed E-state index contributed by atoms with van der Waals surface area (Å²) in [5, 5.41) is 10.6. The largest absolute Gasteiger partial charge is 0.380 e. The number of hydrogen-bond acceptors (Lipinski definition) is 5. The predicted octanol–water partition coefficient (Wildman–Crippen LogP) is 1.37. The zero-order valence-corrected chi connectivity index (χ0v) is 13.6. The van der Waals surface area contributed by atoms with Crippen LogP contribution >= 0.6 is 15.9 Å². The second-order valence-corrected chi connectivity index (χ2v) is 5.69. The quantitative estimate of drug-likeness (QED) is 0.570. The predicted molar refractivity (Wildman–Crippen MR) is 86.7 cm³/mol. The van der Waals surface area contributed by atoms with Crippen LogP contribution in [0.3, 0.4) is 0 Å². The van der Waals surface area contributed by atoms with Crippen molar-refractivity contribution in [3.63, 3.8) is 0 Å². The lowest BCUT2D eigenvalue weighted by atomic mass is 10.1. The number of rotatable bonds is 7. The molecular weight excluding hydrogens is 336 g/mol. The summed E-state index contributed by atoms with van der Waals surface area (Å²) in [4.78, 5) is 12.0. The Labute approximate surface area is 132 Å². The van der Waals surface area contributed by atoms with Crippen molar-refractivity contribution in [3.05, 3.63) is 33.7 Å². The number of nitrogens with zero attached hydrogens (tertiary/aromatic N) is 2. The zero-order valence-electron chi connectivity index (χ0n) is 12.0. The fraction of sp³-hybridized carbons (Fsp3) is 0.571. The summed E-state index contributed by atoms with van der Waals surface area (Å²) in [6.07, 6.45) is 5.74. The van der Waals surface area contributed by atoms with Crippen LogP contribution in [0.15, 0.2) is 28.1 Å². The van der Waals surface area contributed by atoms with Crippen molar-refractivity contribution in [2.24, 2.45) is 0 Å². The van der Waals surface area contributed by atoms with Crippen LogP contribution < -0.4 is 16.2 Å². The third kappa shape index (κ3) is 4.66. The summed E-state index contributed by atoms with van der Waals surface area (Å²) in [5.74, 6) is 0. The third-order valence-corrected chi connectivity index (χ3v) is 4.11. The van der Waals surface area contributed by atoms with Gasteiger partial charge in [0, 0.05) is 6.54 Å². The molecule has 1 aliphatic heterocycles. The summed E-state index contributed by atoms with van der Waals surface area (Å²) in [5.41, 5.74) is 0.522. The molecule has 7 heteroatoms. The molecule has 1 saturated heterocycles. The van der Waals surface area contributed by atoms with E-state index in [1.165, 1.54) is 4.68 Å². The van der Waals surface area contributed by atoms with Crippen molar-refractivity contribution in [3.8, 4) is 0 Å². The molecule has 1 aromatic rings. The molecule has 0 unspecified atom stereocenters. The summed E-state index contributed by atoms with van der Waals surface area (Å²) < 4.78 is 7.64. The van der Waals surface area contributed by atoms with Crippen molar-refractivity contribution in [1.29, 1.82) is 0 Å². The SMILES string of the molecule is C=CCn1ncc(NCCOC2CCNCC2)c(Br)c1=O. The number of hydrogen-bond donors (Lipinski definition) is 2. The van der Waals surface area contributed by atoms with E-state index < -0.39 is 0 Å². The number of piperidine rings is 1. The first kappa shape index (κ1) is 16.2. The van der Waals surface area contributed by atoms with Crippen LogP contribution in [0.5, 0.6) is 0 Å². The van der Waals surface area contributed by atoms with Gasteiger partial charge in [0.15, 0.2) is 0 Å². The van der Waals surface area contributed by atoms with E-state index in [9.17, 15) is 4.79 Å². The van der Waals surface area contributed by atoms with Crippen LogP contribution in [-0.2, 0) is 11.3 Å². The van der Waals surface area contributed by atoms with Gasteiger partial charge in [0.25, 0.3) is 5.56 Å². The molecule has 6 nitrogen and oxygen atoms in total. The molecule has 1 fully saturated rings. The van der Waals surface area contributed by atoms with E-state index in [0.29, 0.717) is 36.0 Å². The van der Waals surface area contributed by atoms with Crippen LogP contribution in [0.1, 0.15) is 12.8 Å². The Morgan fingerprint density at radius 3 is 3.05 bits per heavy atom. The Kier molecular flexibility index (Phi) is 6.41. The molecule has 1 aliphatic rings. The maximum absolute atomic E-state index is 12.0. The molecule has 0 amide bonds. The molecule has 0 atom stereocenters. The fourth-order valence-electron chi connectivity index (χ4n) is 2.21. The van der Waals surface area contributed by atoms with Crippen molar-refractivity contribution < 1.29 is 4.74 Å². The number of allylic oxidation sites excluding steroid dienone is 1. The van der Waals surface area contributed by atoms with Crippen molar-refractivity contribution in [2.45, 2.75) is 25.5 Å². The van der Waals surface area contributed by atoms with Gasteiger partial charge in [-0.05, 0) is 41.9 Å². The Balaban J connectivity index is 1.81. The van der Waals surface area contributed by atoms with Gasteiger partial charge in [0.1, 0.15) is 4.47 Å². The van der Waals surface area contributed by atoms with E-state index in [0.717, 1.165) is 25.9 Å². The van der Waals surface area contributed by atoms with Gasteiger partial charge in [-0.3, -0.25) is 4.79 Å². The van der Waals surface area contributed by atoms with E-state index >= 15 is 0 Å². The number of aromatic nitrogens is 2. The maximum Gasteiger partial charge on any atom is 0.283 e. The number of ether oxygens (including phenoxy) is 1. The molecule has 0 bridgehead atoms. The summed E-state index contributed by atoms with van der Waals surface area (Å²) in [6, 6.07) is 0. The van der Waals surface area contributed by atoms with Gasteiger partial charge in [-0.1, -0.05) is 6.08 Å². The van der Waals surface area contributed by atoms with Crippen molar-refractivity contribution in [1.82, 2.24) is 15.1 Å². The normalized spacial score (nSPS) is 15.9. The lowest BCUT2D eigenvalue weighted by Crippen LogP contribution is -2.33. The van der Waals surface area contributed by atoms with Gasteiger partial charge in [0.2, 0.25) is 0 Å². The standard InChI is InChI=1S/C14H21BrN4O2/c1-2-8-19-14(20)13(15)12(10-18-19)17-7-9-21-11-3-5-16-6-4-11/h2,10-11,16-17H,1,3-9H2. The lowest BCUT2D eigenvalue weighted by Gasteiger charge is -2.23. The molecule has 116 valence electrons. The highest BCUT2D eigenvalue weighted by atomic mass is 79.9. The molecule has 0 saturated carbocycles. The average molecular weight is 357 g/mol. The van der Waals surface area contributed by atoms with Gasteiger partial charge in [-0.2, -0.15) is 5.10 Å². The van der Waals surface area contributed by atoms with Crippen molar-refractivity contribution >= 4 is 21.6 Å². The number of nitrogens with one attached hydrogen (secondary N) is 2. The van der Waals surface area contributed by atoms with E-state index in [-0.39, 0.29) is 5.56 Å². The maximum atomic E-state index is 12.0. The second-order valence-electron chi connectivity index (χ2n) is 4.90. The number of halogens is 1. The third-order valence-electron chi connectivity index (χ3n) is 3.34. The highest BCUT2D eigenvalue weighted by Crippen LogP contribution is 2.15. The Morgan fingerprint density at radius 2 is 2.33 bits per heavy atom. The van der Waals surface area contributed by atoms with E-state index in [1.54, 1.807) is 12.3 Å². The monoisotopic (exact) mass is 356 g/mol. The van der Waals surface area contributed by atoms with E-state index in [1.807, 2.05) is 0 Å². The topological polar surface area (TPSA) is 68.2 Å². The first-order chi connectivity index (χ1) is 10.2. The van der Waals surface area contributed by atoms with Crippen molar-refractivity contribution in [2.75, 3.05) is 31.6 Å². The van der Waals surface area contributed by atoms with Gasteiger partial charge >= 0.3 is 0 Å². The smallest absolute Gasteiger partial charge is 0.283 e. The molecule has 0 radical (unpaired) electrons. The molecule has 1 aromatic heterocycles. The van der Waals surface area contributed by atoms with Gasteiger partial charge in [-0.15, -0.1) is 6.58 Å². The molecule has 2 heterocycles. The number of anilines is 1. The average Bonchev–Trinajstić information content (AvgIpc) is 2.51.